The van der Waals surface area contributed by atoms with Crippen LogP contribution in [-0.4, -0.2) is 24.7 Å². The summed E-state index contributed by atoms with van der Waals surface area (Å²) in [5.41, 5.74) is 5.33. The van der Waals surface area contributed by atoms with Crippen molar-refractivity contribution in [1.29, 1.82) is 0 Å². The van der Waals surface area contributed by atoms with Gasteiger partial charge in [-0.2, -0.15) is 13.2 Å². The summed E-state index contributed by atoms with van der Waals surface area (Å²) in [5.74, 6) is 0. The van der Waals surface area contributed by atoms with Gasteiger partial charge in [0.2, 0.25) is 0 Å². The molecule has 0 radical (unpaired) electrons. The summed E-state index contributed by atoms with van der Waals surface area (Å²) in [6.07, 6.45) is -4.41. The molecule has 19 heavy (non-hydrogen) atoms. The van der Waals surface area contributed by atoms with Gasteiger partial charge in [0.15, 0.2) is 0 Å². The molecule has 0 bridgehead atoms. The summed E-state index contributed by atoms with van der Waals surface area (Å²) in [6.45, 7) is 3.36. The van der Waals surface area contributed by atoms with Gasteiger partial charge in [-0.05, 0) is 25.1 Å². The molecule has 0 unspecified atom stereocenters. The molecule has 3 nitrogen and oxygen atoms in total. The Hall–Kier alpha value is -1.34. The van der Waals surface area contributed by atoms with Crippen molar-refractivity contribution in [3.63, 3.8) is 0 Å². The number of ether oxygens (including phenoxy) is 1. The van der Waals surface area contributed by atoms with Gasteiger partial charge in [0, 0.05) is 24.4 Å². The molecular weight excluding hydrogens is 277 g/mol. The highest BCUT2D eigenvalue weighted by molar-refractivity contribution is 7.80. The first-order valence-electron chi connectivity index (χ1n) is 5.69. The van der Waals surface area contributed by atoms with Gasteiger partial charge >= 0.3 is 6.18 Å². The molecule has 1 aromatic rings. The van der Waals surface area contributed by atoms with Crippen molar-refractivity contribution >= 4 is 22.9 Å². The molecule has 0 spiro atoms. The van der Waals surface area contributed by atoms with E-state index in [4.69, 9.17) is 22.7 Å². The van der Waals surface area contributed by atoms with Crippen molar-refractivity contribution in [1.82, 2.24) is 0 Å². The van der Waals surface area contributed by atoms with Gasteiger partial charge in [0.1, 0.15) is 4.99 Å². The molecule has 0 aliphatic carbocycles. The van der Waals surface area contributed by atoms with Gasteiger partial charge in [-0.1, -0.05) is 12.2 Å². The van der Waals surface area contributed by atoms with Crippen LogP contribution in [-0.2, 0) is 10.9 Å². The predicted octanol–water partition coefficient (Wildman–Crippen LogP) is 2.79. The van der Waals surface area contributed by atoms with Crippen molar-refractivity contribution in [3.05, 3.63) is 29.3 Å². The first kappa shape index (κ1) is 15.7. The summed E-state index contributed by atoms with van der Waals surface area (Å²) >= 11 is 4.77. The maximum absolute atomic E-state index is 12.6. The number of hydrogen-bond donors (Lipinski definition) is 2. The van der Waals surface area contributed by atoms with E-state index in [1.54, 1.807) is 0 Å². The number of nitrogens with one attached hydrogen (secondary N) is 1. The minimum atomic E-state index is -4.41. The van der Waals surface area contributed by atoms with Gasteiger partial charge in [0.25, 0.3) is 0 Å². The Labute approximate surface area is 114 Å². The molecular formula is C12H15F3N2OS. The van der Waals surface area contributed by atoms with Crippen LogP contribution in [0.2, 0.25) is 0 Å². The fourth-order valence-corrected chi connectivity index (χ4v) is 1.65. The lowest BCUT2D eigenvalue weighted by molar-refractivity contribution is -0.137. The maximum Gasteiger partial charge on any atom is 0.416 e. The third-order valence-electron chi connectivity index (χ3n) is 2.38. The minimum absolute atomic E-state index is 0.0787. The average molecular weight is 292 g/mol. The van der Waals surface area contributed by atoms with Crippen LogP contribution < -0.4 is 11.1 Å². The predicted molar refractivity (Wildman–Crippen MR) is 72.3 cm³/mol. The highest BCUT2D eigenvalue weighted by Crippen LogP contribution is 2.31. The van der Waals surface area contributed by atoms with Gasteiger partial charge in [-0.3, -0.25) is 0 Å². The molecule has 0 atom stereocenters. The highest BCUT2D eigenvalue weighted by atomic mass is 32.1. The van der Waals surface area contributed by atoms with Crippen molar-refractivity contribution < 1.29 is 17.9 Å². The Morgan fingerprint density at radius 1 is 1.42 bits per heavy atom. The Bertz CT molecular complexity index is 449. The van der Waals surface area contributed by atoms with Gasteiger partial charge in [-0.25, -0.2) is 0 Å². The highest BCUT2D eigenvalue weighted by Gasteiger charge is 2.31. The SMILES string of the molecule is CCOCCNc1ccc(C(F)(F)F)cc1C(N)=S. The van der Waals surface area contributed by atoms with Crippen LogP contribution in [0, 0.1) is 0 Å². The maximum atomic E-state index is 12.6. The third kappa shape index (κ3) is 4.68. The molecule has 1 rings (SSSR count). The summed E-state index contributed by atoms with van der Waals surface area (Å²) in [6, 6.07) is 3.26. The first-order valence-corrected chi connectivity index (χ1v) is 6.09. The molecule has 0 aliphatic rings. The molecule has 0 fully saturated rings. The summed E-state index contributed by atoms with van der Waals surface area (Å²) < 4.78 is 42.9. The minimum Gasteiger partial charge on any atom is -0.389 e. The fraction of sp³-hybridized carbons (Fsp3) is 0.417. The number of hydrogen-bond acceptors (Lipinski definition) is 3. The van der Waals surface area contributed by atoms with Gasteiger partial charge in [0.05, 0.1) is 12.2 Å². The molecule has 1 aromatic carbocycles. The van der Waals surface area contributed by atoms with E-state index >= 15 is 0 Å². The lowest BCUT2D eigenvalue weighted by atomic mass is 10.1. The zero-order valence-electron chi connectivity index (χ0n) is 10.4. The number of halogens is 3. The smallest absolute Gasteiger partial charge is 0.389 e. The van der Waals surface area contributed by atoms with Crippen molar-refractivity contribution in [2.45, 2.75) is 13.1 Å². The number of benzene rings is 1. The standard InChI is InChI=1S/C12H15F3N2OS/c1-2-18-6-5-17-10-4-3-8(12(13,14)15)7-9(10)11(16)19/h3-4,7,17H,2,5-6H2,1H3,(H2,16,19). The Morgan fingerprint density at radius 3 is 2.63 bits per heavy atom. The van der Waals surface area contributed by atoms with E-state index in [9.17, 15) is 13.2 Å². The van der Waals surface area contributed by atoms with E-state index in [0.29, 0.717) is 25.4 Å². The largest absolute Gasteiger partial charge is 0.416 e. The van der Waals surface area contributed by atoms with Crippen LogP contribution in [0.5, 0.6) is 0 Å². The van der Waals surface area contributed by atoms with Crippen LogP contribution in [0.15, 0.2) is 18.2 Å². The molecule has 0 aliphatic heterocycles. The summed E-state index contributed by atoms with van der Waals surface area (Å²) in [7, 11) is 0. The lowest BCUT2D eigenvalue weighted by Gasteiger charge is -2.14. The Morgan fingerprint density at radius 2 is 2.11 bits per heavy atom. The monoisotopic (exact) mass is 292 g/mol. The molecule has 7 heteroatoms. The molecule has 0 amide bonds. The van der Waals surface area contributed by atoms with E-state index in [1.165, 1.54) is 6.07 Å². The molecule has 0 heterocycles. The van der Waals surface area contributed by atoms with Crippen LogP contribution >= 0.6 is 12.2 Å². The fourth-order valence-electron chi connectivity index (χ4n) is 1.48. The van der Waals surface area contributed by atoms with Crippen molar-refractivity contribution in [2.75, 3.05) is 25.1 Å². The second kappa shape index (κ2) is 6.72. The number of alkyl halides is 3. The number of thiocarbonyl (C=S) groups is 1. The van der Waals surface area contributed by atoms with E-state index in [0.717, 1.165) is 12.1 Å². The van der Waals surface area contributed by atoms with E-state index in [1.807, 2.05) is 6.92 Å². The molecule has 106 valence electrons. The number of anilines is 1. The second-order valence-corrected chi connectivity index (χ2v) is 4.19. The molecule has 0 aromatic heterocycles. The van der Waals surface area contributed by atoms with E-state index < -0.39 is 11.7 Å². The van der Waals surface area contributed by atoms with Crippen LogP contribution in [0.25, 0.3) is 0 Å². The number of nitrogens with two attached hydrogens (primary N) is 1. The second-order valence-electron chi connectivity index (χ2n) is 3.75. The lowest BCUT2D eigenvalue weighted by Crippen LogP contribution is -2.17. The average Bonchev–Trinajstić information content (AvgIpc) is 2.33. The van der Waals surface area contributed by atoms with Crippen LogP contribution in [0.3, 0.4) is 0 Å². The van der Waals surface area contributed by atoms with Crippen LogP contribution in [0.1, 0.15) is 18.1 Å². The number of rotatable bonds is 6. The zero-order valence-corrected chi connectivity index (χ0v) is 11.2. The summed E-state index contributed by atoms with van der Waals surface area (Å²) in [5, 5.41) is 2.95. The van der Waals surface area contributed by atoms with Crippen molar-refractivity contribution in [2.24, 2.45) is 5.73 Å². The summed E-state index contributed by atoms with van der Waals surface area (Å²) in [4.78, 5) is -0.0787. The zero-order chi connectivity index (χ0) is 14.5. The van der Waals surface area contributed by atoms with Gasteiger partial charge < -0.3 is 15.8 Å². The van der Waals surface area contributed by atoms with Crippen LogP contribution in [0.4, 0.5) is 18.9 Å². The quantitative estimate of drug-likeness (QED) is 0.625. The molecule has 3 N–H and O–H groups in total. The molecule has 0 saturated carbocycles. The van der Waals surface area contributed by atoms with Crippen molar-refractivity contribution in [3.8, 4) is 0 Å². The van der Waals surface area contributed by atoms with E-state index in [2.05, 4.69) is 5.32 Å². The Kier molecular flexibility index (Phi) is 5.56. The third-order valence-corrected chi connectivity index (χ3v) is 2.60. The Balaban J connectivity index is 2.90. The van der Waals surface area contributed by atoms with Gasteiger partial charge in [-0.15, -0.1) is 0 Å². The van der Waals surface area contributed by atoms with E-state index in [-0.39, 0.29) is 10.6 Å². The molecule has 0 saturated heterocycles. The topological polar surface area (TPSA) is 47.3 Å². The first-order chi connectivity index (χ1) is 8.86. The normalized spacial score (nSPS) is 11.4.